The molecule has 22 heavy (non-hydrogen) atoms. The average molecular weight is 324 g/mol. The quantitative estimate of drug-likeness (QED) is 0.873. The summed E-state index contributed by atoms with van der Waals surface area (Å²) in [4.78, 5) is 30.0. The predicted molar refractivity (Wildman–Crippen MR) is 85.9 cm³/mol. The Bertz CT molecular complexity index is 555. The highest BCUT2D eigenvalue weighted by Crippen LogP contribution is 2.38. The van der Waals surface area contributed by atoms with E-state index in [1.165, 1.54) is 0 Å². The molecule has 0 bridgehead atoms. The number of likely N-dealkylation sites (tertiary alicyclic amines) is 1. The number of carbonyl (C=O) groups is 2. The van der Waals surface area contributed by atoms with E-state index < -0.39 is 11.4 Å². The van der Waals surface area contributed by atoms with Gasteiger partial charge in [-0.05, 0) is 32.1 Å². The molecule has 0 aliphatic carbocycles. The molecule has 1 aliphatic rings. The minimum Gasteiger partial charge on any atom is -0.481 e. The van der Waals surface area contributed by atoms with Crippen molar-refractivity contribution in [2.24, 2.45) is 11.3 Å². The first-order chi connectivity index (χ1) is 10.3. The molecule has 1 aromatic rings. The van der Waals surface area contributed by atoms with E-state index in [2.05, 4.69) is 4.98 Å². The second-order valence-corrected chi connectivity index (χ2v) is 7.45. The topological polar surface area (TPSA) is 70.5 Å². The van der Waals surface area contributed by atoms with E-state index in [0.717, 1.165) is 23.5 Å². The Hall–Kier alpha value is -1.43. The summed E-state index contributed by atoms with van der Waals surface area (Å²) in [5.41, 5.74) is 0.264. The summed E-state index contributed by atoms with van der Waals surface area (Å²) in [6.45, 7) is 6.72. The largest absolute Gasteiger partial charge is 0.481 e. The molecule has 1 aliphatic heterocycles. The number of aromatic nitrogens is 1. The summed E-state index contributed by atoms with van der Waals surface area (Å²) in [6, 6.07) is 0. The van der Waals surface area contributed by atoms with Gasteiger partial charge in [0.25, 0.3) is 0 Å². The van der Waals surface area contributed by atoms with Crippen LogP contribution in [0.3, 0.4) is 0 Å². The average Bonchev–Trinajstić information content (AvgIpc) is 3.06. The van der Waals surface area contributed by atoms with Crippen LogP contribution in [0.25, 0.3) is 0 Å². The molecule has 1 atom stereocenters. The molecule has 2 rings (SSSR count). The predicted octanol–water partition coefficient (Wildman–Crippen LogP) is 2.73. The summed E-state index contributed by atoms with van der Waals surface area (Å²) in [7, 11) is 0. The maximum absolute atomic E-state index is 12.3. The first-order valence-electron chi connectivity index (χ1n) is 7.77. The van der Waals surface area contributed by atoms with Gasteiger partial charge in [-0.1, -0.05) is 13.8 Å². The van der Waals surface area contributed by atoms with E-state index >= 15 is 0 Å². The third-order valence-corrected chi connectivity index (χ3v) is 5.50. The van der Waals surface area contributed by atoms with Gasteiger partial charge in [0.15, 0.2) is 0 Å². The van der Waals surface area contributed by atoms with Gasteiger partial charge in [0, 0.05) is 24.9 Å². The molecule has 5 nitrogen and oxygen atoms in total. The maximum atomic E-state index is 12.3. The first kappa shape index (κ1) is 16.9. The van der Waals surface area contributed by atoms with Crippen LogP contribution in [0.15, 0.2) is 5.38 Å². The zero-order valence-corrected chi connectivity index (χ0v) is 14.3. The van der Waals surface area contributed by atoms with Crippen LogP contribution < -0.4 is 0 Å². The lowest BCUT2D eigenvalue weighted by Gasteiger charge is -2.28. The van der Waals surface area contributed by atoms with Gasteiger partial charge in [0.2, 0.25) is 5.91 Å². The molecule has 1 unspecified atom stereocenters. The van der Waals surface area contributed by atoms with Crippen molar-refractivity contribution in [3.8, 4) is 0 Å². The normalized spacial score (nSPS) is 21.5. The van der Waals surface area contributed by atoms with E-state index in [1.807, 2.05) is 26.2 Å². The van der Waals surface area contributed by atoms with Crippen molar-refractivity contribution in [3.05, 3.63) is 16.1 Å². The highest BCUT2D eigenvalue weighted by atomic mass is 32.1. The van der Waals surface area contributed by atoms with Crippen LogP contribution in [0, 0.1) is 18.3 Å². The molecular weight excluding hydrogens is 300 g/mol. The molecule has 2 heterocycles. The number of carbonyl (C=O) groups excluding carboxylic acids is 1. The number of carboxylic acid groups (broad SMARTS) is 1. The number of aliphatic carboxylic acids is 1. The van der Waals surface area contributed by atoms with Crippen molar-refractivity contribution in [2.45, 2.75) is 46.5 Å². The van der Waals surface area contributed by atoms with Crippen molar-refractivity contribution in [1.29, 1.82) is 0 Å². The zero-order chi connectivity index (χ0) is 16.3. The van der Waals surface area contributed by atoms with Crippen LogP contribution in [0.5, 0.6) is 0 Å². The van der Waals surface area contributed by atoms with Crippen LogP contribution in [0.1, 0.15) is 43.8 Å². The fourth-order valence-electron chi connectivity index (χ4n) is 3.04. The molecule has 0 aromatic carbocycles. The van der Waals surface area contributed by atoms with Crippen molar-refractivity contribution in [2.75, 3.05) is 13.1 Å². The Morgan fingerprint density at radius 1 is 1.50 bits per heavy atom. The minimum atomic E-state index is -0.782. The van der Waals surface area contributed by atoms with Crippen LogP contribution in [-0.4, -0.2) is 40.0 Å². The van der Waals surface area contributed by atoms with Gasteiger partial charge in [-0.25, -0.2) is 4.98 Å². The van der Waals surface area contributed by atoms with Gasteiger partial charge in [0.05, 0.1) is 16.1 Å². The molecule has 0 saturated carbocycles. The maximum Gasteiger partial charge on any atom is 0.311 e. The van der Waals surface area contributed by atoms with Gasteiger partial charge >= 0.3 is 5.97 Å². The summed E-state index contributed by atoms with van der Waals surface area (Å²) < 4.78 is 0. The van der Waals surface area contributed by atoms with Gasteiger partial charge in [-0.15, -0.1) is 11.3 Å². The third-order valence-electron chi connectivity index (χ3n) is 4.67. The van der Waals surface area contributed by atoms with E-state index in [9.17, 15) is 14.7 Å². The minimum absolute atomic E-state index is 0.0285. The molecule has 1 N–H and O–H groups in total. The van der Waals surface area contributed by atoms with Gasteiger partial charge in [0.1, 0.15) is 0 Å². The molecular formula is C16H24N2O3S. The van der Waals surface area contributed by atoms with Crippen molar-refractivity contribution in [1.82, 2.24) is 9.88 Å². The van der Waals surface area contributed by atoms with Crippen LogP contribution in [0.2, 0.25) is 0 Å². The molecule has 6 heteroatoms. The summed E-state index contributed by atoms with van der Waals surface area (Å²) in [6.07, 6.45) is 2.58. The van der Waals surface area contributed by atoms with Gasteiger partial charge < -0.3 is 10.0 Å². The zero-order valence-electron chi connectivity index (χ0n) is 13.5. The van der Waals surface area contributed by atoms with E-state index in [-0.39, 0.29) is 11.8 Å². The Labute approximate surface area is 135 Å². The van der Waals surface area contributed by atoms with E-state index in [1.54, 1.807) is 16.2 Å². The highest BCUT2D eigenvalue weighted by molar-refractivity contribution is 7.09. The van der Waals surface area contributed by atoms with Crippen molar-refractivity contribution < 1.29 is 14.7 Å². The number of nitrogens with zero attached hydrogens (tertiary/aromatic N) is 2. The fraction of sp³-hybridized carbons (Fsp3) is 0.688. The lowest BCUT2D eigenvalue weighted by atomic mass is 9.76. The molecule has 0 spiro atoms. The van der Waals surface area contributed by atoms with Gasteiger partial charge in [-0.3, -0.25) is 9.59 Å². The second kappa shape index (κ2) is 6.77. The number of rotatable bonds is 6. The summed E-state index contributed by atoms with van der Waals surface area (Å²) in [5.74, 6) is -0.688. The Morgan fingerprint density at radius 3 is 2.73 bits per heavy atom. The van der Waals surface area contributed by atoms with Crippen molar-refractivity contribution >= 4 is 23.2 Å². The lowest BCUT2D eigenvalue weighted by Crippen LogP contribution is -2.40. The van der Waals surface area contributed by atoms with Crippen molar-refractivity contribution in [3.63, 3.8) is 0 Å². The van der Waals surface area contributed by atoms with E-state index in [4.69, 9.17) is 0 Å². The molecule has 1 saturated heterocycles. The number of hydrogen-bond donors (Lipinski definition) is 1. The molecule has 122 valence electrons. The highest BCUT2D eigenvalue weighted by Gasteiger charge is 2.48. The van der Waals surface area contributed by atoms with Crippen LogP contribution >= 0.6 is 11.3 Å². The second-order valence-electron chi connectivity index (χ2n) is 6.39. The molecule has 1 fully saturated rings. The Morgan fingerprint density at radius 2 is 2.23 bits per heavy atom. The number of aryl methyl sites for hydroxylation is 2. The fourth-order valence-corrected chi connectivity index (χ4v) is 3.69. The summed E-state index contributed by atoms with van der Waals surface area (Å²) in [5, 5.41) is 12.6. The van der Waals surface area contributed by atoms with Gasteiger partial charge in [-0.2, -0.15) is 0 Å². The molecule has 0 radical (unpaired) electrons. The third kappa shape index (κ3) is 3.48. The number of hydrogen-bond acceptors (Lipinski definition) is 4. The smallest absolute Gasteiger partial charge is 0.311 e. The Balaban J connectivity index is 1.85. The summed E-state index contributed by atoms with van der Waals surface area (Å²) >= 11 is 1.62. The molecule has 1 amide bonds. The lowest BCUT2D eigenvalue weighted by molar-refractivity contribution is -0.151. The Kier molecular flexibility index (Phi) is 5.21. The molecule has 1 aromatic heterocycles. The SMILES string of the molecule is Cc1nc(CCCC(=O)N2CCC(C(=O)O)(C(C)C)C2)cs1. The first-order valence-corrected chi connectivity index (χ1v) is 8.65. The van der Waals surface area contributed by atoms with Crippen LogP contribution in [-0.2, 0) is 16.0 Å². The monoisotopic (exact) mass is 324 g/mol. The van der Waals surface area contributed by atoms with Crippen LogP contribution in [0.4, 0.5) is 0 Å². The van der Waals surface area contributed by atoms with E-state index in [0.29, 0.717) is 25.9 Å². The number of amides is 1. The standard InChI is InChI=1S/C16H24N2O3S/c1-11(2)16(15(20)21)7-8-18(10-16)14(19)6-4-5-13-9-22-12(3)17-13/h9,11H,4-8,10H2,1-3H3,(H,20,21). The number of carboxylic acids is 1. The number of thiazole rings is 1.